The monoisotopic (exact) mass is 472 g/mol. The smallest absolute Gasteiger partial charge is 0.319 e. The lowest BCUT2D eigenvalue weighted by atomic mass is 10.0. The Morgan fingerprint density at radius 1 is 1.23 bits per heavy atom. The zero-order valence-electron chi connectivity index (χ0n) is 17.6. The van der Waals surface area contributed by atoms with Crippen molar-refractivity contribution in [3.05, 3.63) is 28.2 Å². The molecule has 1 unspecified atom stereocenters. The second kappa shape index (κ2) is 12.7. The van der Waals surface area contributed by atoms with E-state index in [9.17, 15) is 14.4 Å². The fraction of sp³-hybridized carbons (Fsp3) is 0.571. The predicted molar refractivity (Wildman–Crippen MR) is 120 cm³/mol. The fourth-order valence-electron chi connectivity index (χ4n) is 3.66. The normalized spacial score (nSPS) is 14.7. The third-order valence-electron chi connectivity index (χ3n) is 5.41. The molecule has 1 aromatic rings. The van der Waals surface area contributed by atoms with E-state index >= 15 is 0 Å². The van der Waals surface area contributed by atoms with Crippen LogP contribution in [0.15, 0.2) is 18.2 Å². The van der Waals surface area contributed by atoms with Crippen LogP contribution in [0.3, 0.4) is 0 Å². The predicted octanol–water partition coefficient (Wildman–Crippen LogP) is 4.06. The first kappa shape index (κ1) is 25.2. The summed E-state index contributed by atoms with van der Waals surface area (Å²) < 4.78 is 0. The molecular formula is C21H30Cl2N4O4. The average molecular weight is 473 g/mol. The summed E-state index contributed by atoms with van der Waals surface area (Å²) in [5, 5.41) is 15.0. The quantitative estimate of drug-likeness (QED) is 0.304. The molecular weight excluding hydrogens is 443 g/mol. The highest BCUT2D eigenvalue weighted by Crippen LogP contribution is 2.28. The first-order chi connectivity index (χ1) is 14.8. The standard InChI is InChI=1S/C21H30Cl2N4O4/c1-14(12-24-21(30)25-18-7-6-16(22)11-17(18)23)10-20(29)27(13-19(28)26-31)9-8-15-4-2-3-5-15/h6-7,11,14-15,31H,2-5,8-10,12-13H2,1H3,(H,26,28)(H2,24,25,30). The molecule has 0 heterocycles. The van der Waals surface area contributed by atoms with E-state index in [1.165, 1.54) is 23.8 Å². The Morgan fingerprint density at radius 3 is 2.58 bits per heavy atom. The minimum Gasteiger partial charge on any atom is -0.338 e. The topological polar surface area (TPSA) is 111 Å². The number of carbonyl (C=O) groups excluding carboxylic acids is 3. The Bertz CT molecular complexity index is 772. The van der Waals surface area contributed by atoms with E-state index in [1.807, 2.05) is 6.92 Å². The molecule has 1 aliphatic rings. The first-order valence-corrected chi connectivity index (χ1v) is 11.2. The van der Waals surface area contributed by atoms with Crippen molar-refractivity contribution in [1.82, 2.24) is 15.7 Å². The maximum Gasteiger partial charge on any atom is 0.319 e. The van der Waals surface area contributed by atoms with Crippen LogP contribution in [0.25, 0.3) is 0 Å². The van der Waals surface area contributed by atoms with Crippen LogP contribution >= 0.6 is 23.2 Å². The lowest BCUT2D eigenvalue weighted by molar-refractivity contribution is -0.140. The molecule has 8 nitrogen and oxygen atoms in total. The molecule has 0 bridgehead atoms. The summed E-state index contributed by atoms with van der Waals surface area (Å²) in [6.45, 7) is 2.41. The summed E-state index contributed by atoms with van der Waals surface area (Å²) in [7, 11) is 0. The van der Waals surface area contributed by atoms with Crippen molar-refractivity contribution in [1.29, 1.82) is 0 Å². The number of nitrogens with zero attached hydrogens (tertiary/aromatic N) is 1. The van der Waals surface area contributed by atoms with Crippen molar-refractivity contribution < 1.29 is 19.6 Å². The van der Waals surface area contributed by atoms with Gasteiger partial charge in [0.2, 0.25) is 5.91 Å². The average Bonchev–Trinajstić information content (AvgIpc) is 3.25. The Balaban J connectivity index is 1.80. The number of halogens is 2. The largest absolute Gasteiger partial charge is 0.338 e. The Morgan fingerprint density at radius 2 is 1.94 bits per heavy atom. The van der Waals surface area contributed by atoms with Crippen molar-refractivity contribution in [3.63, 3.8) is 0 Å². The van der Waals surface area contributed by atoms with E-state index in [0.29, 0.717) is 28.2 Å². The van der Waals surface area contributed by atoms with Gasteiger partial charge in [-0.2, -0.15) is 0 Å². The van der Waals surface area contributed by atoms with Gasteiger partial charge >= 0.3 is 6.03 Å². The number of hydrogen-bond acceptors (Lipinski definition) is 4. The molecule has 0 spiro atoms. The van der Waals surface area contributed by atoms with E-state index in [0.717, 1.165) is 19.3 Å². The van der Waals surface area contributed by atoms with Crippen LogP contribution in [-0.2, 0) is 9.59 Å². The molecule has 4 amide bonds. The lowest BCUT2D eigenvalue weighted by Crippen LogP contribution is -2.42. The number of hydroxylamine groups is 1. The van der Waals surface area contributed by atoms with Crippen molar-refractivity contribution in [2.24, 2.45) is 11.8 Å². The molecule has 4 N–H and O–H groups in total. The molecule has 0 saturated heterocycles. The maximum atomic E-state index is 12.7. The highest BCUT2D eigenvalue weighted by molar-refractivity contribution is 6.36. The van der Waals surface area contributed by atoms with Crippen LogP contribution in [0.2, 0.25) is 10.0 Å². The SMILES string of the molecule is CC(CNC(=O)Nc1ccc(Cl)cc1Cl)CC(=O)N(CCC1CCCC1)CC(=O)NO. The second-order valence-electron chi connectivity index (χ2n) is 8.06. The van der Waals surface area contributed by atoms with Gasteiger partial charge in [-0.15, -0.1) is 0 Å². The Hall–Kier alpha value is -2.03. The summed E-state index contributed by atoms with van der Waals surface area (Å²) in [6.07, 6.45) is 5.75. The van der Waals surface area contributed by atoms with Gasteiger partial charge in [-0.3, -0.25) is 14.8 Å². The van der Waals surface area contributed by atoms with E-state index in [1.54, 1.807) is 17.6 Å². The van der Waals surface area contributed by atoms with Gasteiger partial charge in [-0.05, 0) is 36.5 Å². The zero-order valence-corrected chi connectivity index (χ0v) is 19.1. The van der Waals surface area contributed by atoms with Gasteiger partial charge in [0.15, 0.2) is 0 Å². The van der Waals surface area contributed by atoms with Crippen molar-refractivity contribution in [3.8, 4) is 0 Å². The summed E-state index contributed by atoms with van der Waals surface area (Å²) in [4.78, 5) is 37.9. The number of anilines is 1. The van der Waals surface area contributed by atoms with Gasteiger partial charge in [-0.1, -0.05) is 55.8 Å². The maximum absolute atomic E-state index is 12.7. The summed E-state index contributed by atoms with van der Waals surface area (Å²) >= 11 is 11.9. The summed E-state index contributed by atoms with van der Waals surface area (Å²) in [6, 6.07) is 4.31. The number of amides is 4. The zero-order chi connectivity index (χ0) is 22.8. The van der Waals surface area contributed by atoms with Crippen LogP contribution in [0.4, 0.5) is 10.5 Å². The van der Waals surface area contributed by atoms with Gasteiger partial charge in [0, 0.05) is 24.5 Å². The number of nitrogens with one attached hydrogen (secondary N) is 3. The number of rotatable bonds is 10. The van der Waals surface area contributed by atoms with Crippen molar-refractivity contribution in [2.45, 2.75) is 45.4 Å². The molecule has 1 aromatic carbocycles. The Kier molecular flexibility index (Phi) is 10.4. The molecule has 0 aromatic heterocycles. The Labute approximate surface area is 192 Å². The number of urea groups is 1. The molecule has 1 fully saturated rings. The van der Waals surface area contributed by atoms with Crippen LogP contribution in [0.5, 0.6) is 0 Å². The van der Waals surface area contributed by atoms with E-state index in [4.69, 9.17) is 28.4 Å². The fourth-order valence-corrected chi connectivity index (χ4v) is 4.12. The summed E-state index contributed by atoms with van der Waals surface area (Å²) in [5.74, 6) is -0.373. The van der Waals surface area contributed by atoms with E-state index < -0.39 is 11.9 Å². The molecule has 10 heteroatoms. The molecule has 2 rings (SSSR count). The van der Waals surface area contributed by atoms with Crippen LogP contribution in [0.1, 0.15) is 45.4 Å². The highest BCUT2D eigenvalue weighted by Gasteiger charge is 2.22. The van der Waals surface area contributed by atoms with Gasteiger partial charge in [-0.25, -0.2) is 10.3 Å². The third-order valence-corrected chi connectivity index (χ3v) is 5.96. The van der Waals surface area contributed by atoms with Crippen molar-refractivity contribution >= 4 is 46.7 Å². The molecule has 0 aliphatic heterocycles. The molecule has 172 valence electrons. The molecule has 1 saturated carbocycles. The van der Waals surface area contributed by atoms with E-state index in [2.05, 4.69) is 10.6 Å². The van der Waals surface area contributed by atoms with E-state index in [-0.39, 0.29) is 31.3 Å². The molecule has 31 heavy (non-hydrogen) atoms. The second-order valence-corrected chi connectivity index (χ2v) is 8.90. The van der Waals surface area contributed by atoms with Crippen LogP contribution in [-0.4, -0.2) is 47.6 Å². The molecule has 1 aliphatic carbocycles. The van der Waals surface area contributed by atoms with Crippen molar-refractivity contribution in [2.75, 3.05) is 25.0 Å². The third kappa shape index (κ3) is 8.93. The lowest BCUT2D eigenvalue weighted by Gasteiger charge is -2.25. The van der Waals surface area contributed by atoms with Crippen LogP contribution < -0.4 is 16.1 Å². The van der Waals surface area contributed by atoms with Gasteiger partial charge in [0.1, 0.15) is 6.54 Å². The minimum absolute atomic E-state index is 0.148. The highest BCUT2D eigenvalue weighted by atomic mass is 35.5. The molecule has 0 radical (unpaired) electrons. The van der Waals surface area contributed by atoms with Gasteiger partial charge in [0.05, 0.1) is 10.7 Å². The van der Waals surface area contributed by atoms with Gasteiger partial charge in [0.25, 0.3) is 5.91 Å². The minimum atomic E-state index is -0.621. The first-order valence-electron chi connectivity index (χ1n) is 10.5. The molecule has 1 atom stereocenters. The van der Waals surface area contributed by atoms with Gasteiger partial charge < -0.3 is 15.5 Å². The number of carbonyl (C=O) groups is 3. The number of benzene rings is 1. The number of hydrogen-bond donors (Lipinski definition) is 4. The van der Waals surface area contributed by atoms with Crippen LogP contribution in [0, 0.1) is 11.8 Å². The summed E-state index contributed by atoms with van der Waals surface area (Å²) in [5.41, 5.74) is 2.02.